The van der Waals surface area contributed by atoms with Crippen LogP contribution < -0.4 is 14.4 Å². The molecule has 4 saturated heterocycles. The van der Waals surface area contributed by atoms with Gasteiger partial charge in [-0.3, -0.25) is 9.69 Å². The molecule has 1 aromatic rings. The lowest BCUT2D eigenvalue weighted by molar-refractivity contribution is -0.300. The first-order valence-corrected chi connectivity index (χ1v) is 13.0. The predicted octanol–water partition coefficient (Wildman–Crippen LogP) is -5.07. The lowest BCUT2D eigenvalue weighted by atomic mass is 9.51. The van der Waals surface area contributed by atoms with Crippen LogP contribution in [0.4, 0.5) is 5.69 Å². The van der Waals surface area contributed by atoms with Crippen molar-refractivity contribution in [2.75, 3.05) is 38.8 Å². The minimum Gasteiger partial charge on any atom is -0.493 e. The van der Waals surface area contributed by atoms with Crippen molar-refractivity contribution < 1.29 is 74.1 Å². The molecule has 1 amide bonds. The molecular formula is C23H38N2O15S. The number of piperidine rings is 2. The van der Waals surface area contributed by atoms with Crippen LogP contribution in [0.2, 0.25) is 0 Å². The Kier molecular flexibility index (Phi) is 9.80. The van der Waals surface area contributed by atoms with Gasteiger partial charge in [0.25, 0.3) is 0 Å². The van der Waals surface area contributed by atoms with Gasteiger partial charge >= 0.3 is 10.4 Å². The van der Waals surface area contributed by atoms with Gasteiger partial charge in [-0.05, 0) is 23.6 Å². The number of hydrogen-bond donors (Lipinski definition) is 0. The van der Waals surface area contributed by atoms with Crippen LogP contribution in [0.25, 0.3) is 0 Å². The van der Waals surface area contributed by atoms with E-state index in [4.69, 9.17) is 22.6 Å². The maximum Gasteiger partial charge on any atom is 0.405 e. The quantitative estimate of drug-likeness (QED) is 0.287. The summed E-state index contributed by atoms with van der Waals surface area (Å²) >= 11 is 0. The molecule has 6 aliphatic heterocycles. The fraction of sp³-hybridized carbons (Fsp3) is 0.609. The summed E-state index contributed by atoms with van der Waals surface area (Å²) in [5.74, 6) is -0.665. The van der Waals surface area contributed by atoms with E-state index >= 15 is 0 Å². The third-order valence-corrected chi connectivity index (χ3v) is 10.2. The van der Waals surface area contributed by atoms with Gasteiger partial charge in [-0.2, -0.15) is 8.42 Å². The standard InChI is InChI=1S/C23H24N2O8S.7H2O/c1-29-14-7-12-13(8-15(14)30-2)25-17(26)9-16-18-19-11(3-6-31-16)10-24-5-4-22(12,20(18)25)21(24)23(19)32-34(27,28)33-23;;;;;;;/h3,7-8,16,18-21H,4-6,9-10H2,1-2H3;7*1H2/t16-,18+,19-,20-,21+,22-;;;;;;;/m0......./s1. The third-order valence-electron chi connectivity index (χ3n) is 9.28. The summed E-state index contributed by atoms with van der Waals surface area (Å²) in [5.41, 5.74) is 2.25. The van der Waals surface area contributed by atoms with E-state index < -0.39 is 21.6 Å². The first-order valence-electron chi connectivity index (χ1n) is 11.6. The fourth-order valence-electron chi connectivity index (χ4n) is 8.52. The molecule has 41 heavy (non-hydrogen) atoms. The third kappa shape index (κ3) is 3.81. The van der Waals surface area contributed by atoms with Gasteiger partial charge < -0.3 is 57.4 Å². The predicted molar refractivity (Wildman–Crippen MR) is 141 cm³/mol. The Morgan fingerprint density at radius 1 is 0.976 bits per heavy atom. The molecule has 0 radical (unpaired) electrons. The maximum atomic E-state index is 13.6. The number of anilines is 1. The minimum atomic E-state index is -4.07. The molecule has 14 N–H and O–H groups in total. The van der Waals surface area contributed by atoms with Crippen molar-refractivity contribution in [2.45, 2.75) is 42.2 Å². The van der Waals surface area contributed by atoms with Gasteiger partial charge in [0, 0.05) is 36.4 Å². The second-order valence-electron chi connectivity index (χ2n) is 10.3. The summed E-state index contributed by atoms with van der Waals surface area (Å²) in [6.07, 6.45) is 2.65. The van der Waals surface area contributed by atoms with E-state index in [1.165, 1.54) is 0 Å². The maximum absolute atomic E-state index is 13.6. The Balaban J connectivity index is 0.00000120. The normalized spacial score (nSPS) is 34.4. The molecule has 18 heteroatoms. The van der Waals surface area contributed by atoms with Gasteiger partial charge in [0.2, 0.25) is 11.7 Å². The molecule has 1 aromatic carbocycles. The van der Waals surface area contributed by atoms with Crippen LogP contribution in [0.15, 0.2) is 23.8 Å². The van der Waals surface area contributed by atoms with Crippen molar-refractivity contribution in [3.05, 3.63) is 29.3 Å². The molecule has 0 aromatic heterocycles. The zero-order chi connectivity index (χ0) is 23.2. The number of carbonyl (C=O) groups is 1. The van der Waals surface area contributed by atoms with E-state index in [2.05, 4.69) is 4.90 Å². The molecule has 0 unspecified atom stereocenters. The first kappa shape index (κ1) is 36.6. The molecular weight excluding hydrogens is 576 g/mol. The van der Waals surface area contributed by atoms with Gasteiger partial charge in [0.1, 0.15) is 0 Å². The van der Waals surface area contributed by atoms with Gasteiger partial charge in [0.05, 0.1) is 51.1 Å². The zero-order valence-electron chi connectivity index (χ0n) is 22.2. The number of methoxy groups -OCH3 is 2. The van der Waals surface area contributed by atoms with E-state index in [1.807, 2.05) is 23.1 Å². The van der Waals surface area contributed by atoms with Crippen molar-refractivity contribution >= 4 is 22.0 Å². The lowest BCUT2D eigenvalue weighted by Gasteiger charge is -2.66. The van der Waals surface area contributed by atoms with Crippen LogP contribution in [0.1, 0.15) is 18.4 Å². The number of nitrogens with zero attached hydrogens (tertiary/aromatic N) is 2. The highest BCUT2D eigenvalue weighted by atomic mass is 32.3. The van der Waals surface area contributed by atoms with Crippen LogP contribution in [0, 0.1) is 11.8 Å². The molecule has 8 rings (SSSR count). The number of ether oxygens (including phenoxy) is 3. The van der Waals surface area contributed by atoms with Crippen LogP contribution in [0.3, 0.4) is 0 Å². The van der Waals surface area contributed by atoms with Crippen LogP contribution >= 0.6 is 0 Å². The molecule has 1 aliphatic carbocycles. The number of hydrogen-bond acceptors (Lipinski definition) is 9. The van der Waals surface area contributed by atoms with Gasteiger partial charge in [0.15, 0.2) is 11.5 Å². The lowest BCUT2D eigenvalue weighted by Crippen LogP contribution is -2.82. The first-order chi connectivity index (χ1) is 16.3. The molecule has 1 saturated carbocycles. The smallest absolute Gasteiger partial charge is 0.405 e. The second kappa shape index (κ2) is 11.0. The van der Waals surface area contributed by atoms with Crippen molar-refractivity contribution in [2.24, 2.45) is 11.8 Å². The van der Waals surface area contributed by atoms with Gasteiger partial charge in [-0.15, -0.1) is 0 Å². The van der Waals surface area contributed by atoms with E-state index in [9.17, 15) is 13.2 Å². The highest BCUT2D eigenvalue weighted by Crippen LogP contribution is 2.71. The largest absolute Gasteiger partial charge is 0.493 e. The summed E-state index contributed by atoms with van der Waals surface area (Å²) in [5, 5.41) is 0. The summed E-state index contributed by atoms with van der Waals surface area (Å²) in [7, 11) is -0.902. The highest BCUT2D eigenvalue weighted by molar-refractivity contribution is 7.82. The van der Waals surface area contributed by atoms with E-state index in [0.29, 0.717) is 24.7 Å². The van der Waals surface area contributed by atoms with Crippen molar-refractivity contribution in [1.82, 2.24) is 4.90 Å². The fourth-order valence-corrected chi connectivity index (χ4v) is 9.56. The minimum absolute atomic E-state index is 0. The number of amides is 1. The Labute approximate surface area is 235 Å². The Morgan fingerprint density at radius 2 is 1.61 bits per heavy atom. The van der Waals surface area contributed by atoms with Crippen LogP contribution in [-0.2, 0) is 33.7 Å². The highest BCUT2D eigenvalue weighted by Gasteiger charge is 2.83. The summed E-state index contributed by atoms with van der Waals surface area (Å²) in [6, 6.07) is 3.28. The van der Waals surface area contributed by atoms with E-state index in [0.717, 1.165) is 29.8 Å². The molecule has 236 valence electrons. The molecule has 2 bridgehead atoms. The Hall–Kier alpha value is -2.46. The SMILES string of the molecule is COc1cc2c(cc1OC)[C@@]13CCN4CC5=CCO[C@H]6CC(=O)N2[C@H]1[C@H]6[C@H]5C1(OS(=O)(=O)O1)[C@H]43.O.O.O.O.O.O.O. The molecule has 2 spiro atoms. The summed E-state index contributed by atoms with van der Waals surface area (Å²) < 4.78 is 53.8. The average Bonchev–Trinajstić information content (AvgIpc) is 3.24. The molecule has 6 atom stereocenters. The molecule has 5 fully saturated rings. The van der Waals surface area contributed by atoms with Crippen molar-refractivity contribution in [1.29, 1.82) is 0 Å². The van der Waals surface area contributed by atoms with Gasteiger partial charge in [-0.1, -0.05) is 6.08 Å². The van der Waals surface area contributed by atoms with E-state index in [1.54, 1.807) is 14.2 Å². The van der Waals surface area contributed by atoms with Crippen LogP contribution in [0.5, 0.6) is 11.5 Å². The molecule has 7 aliphatic rings. The topological polar surface area (TPSA) is 324 Å². The Bertz CT molecular complexity index is 1310. The van der Waals surface area contributed by atoms with Gasteiger partial charge in [-0.25, -0.2) is 8.37 Å². The average molecular weight is 615 g/mol. The van der Waals surface area contributed by atoms with Crippen molar-refractivity contribution in [3.63, 3.8) is 0 Å². The van der Waals surface area contributed by atoms with Crippen LogP contribution in [-0.4, -0.2) is 115 Å². The van der Waals surface area contributed by atoms with Crippen molar-refractivity contribution in [3.8, 4) is 11.5 Å². The summed E-state index contributed by atoms with van der Waals surface area (Å²) in [6.45, 7) is 1.84. The zero-order valence-corrected chi connectivity index (χ0v) is 23.0. The number of benzene rings is 1. The number of rotatable bonds is 2. The molecule has 6 heterocycles. The Morgan fingerprint density at radius 3 is 2.22 bits per heavy atom. The summed E-state index contributed by atoms with van der Waals surface area (Å²) in [4.78, 5) is 17.9. The number of carbonyl (C=O) groups excluding carboxylic acids is 1. The van der Waals surface area contributed by atoms with E-state index in [-0.39, 0.29) is 80.7 Å². The second-order valence-corrected chi connectivity index (χ2v) is 11.5. The monoisotopic (exact) mass is 614 g/mol. The molecule has 17 nitrogen and oxygen atoms in total. The number of fused-ring (bicyclic) bond motifs is 2.